The number of nitrogens with one attached hydrogen (secondary N) is 1. The van der Waals surface area contributed by atoms with E-state index in [0.717, 1.165) is 0 Å². The van der Waals surface area contributed by atoms with Crippen LogP contribution in [0.5, 0.6) is 0 Å². The molecule has 0 atom stereocenters. The van der Waals surface area contributed by atoms with Crippen LogP contribution >= 0.6 is 0 Å². The summed E-state index contributed by atoms with van der Waals surface area (Å²) < 4.78 is 0. The second-order valence-corrected chi connectivity index (χ2v) is 1.73. The maximum atomic E-state index is 10.5. The molecule has 0 aromatic carbocycles. The Morgan fingerprint density at radius 3 is 3.20 bits per heavy atom. The molecule has 0 spiro atoms. The maximum absolute atomic E-state index is 10.5. The first kappa shape index (κ1) is 6.54. The van der Waals surface area contributed by atoms with Crippen molar-refractivity contribution in [2.75, 3.05) is 0 Å². The quantitative estimate of drug-likeness (QED) is 0.511. The lowest BCUT2D eigenvalue weighted by Gasteiger charge is -1.88. The van der Waals surface area contributed by atoms with E-state index in [1.165, 1.54) is 12.5 Å². The zero-order valence-corrected chi connectivity index (χ0v) is 5.24. The number of nitrogens with two attached hydrogens (primary N) is 1. The molecule has 0 fully saturated rings. The van der Waals surface area contributed by atoms with Crippen molar-refractivity contribution in [3.63, 3.8) is 0 Å². The first-order chi connectivity index (χ1) is 4.80. The van der Waals surface area contributed by atoms with Crippen LogP contribution in [0, 0.1) is 0 Å². The average Bonchev–Trinajstić information content (AvgIpc) is 2.12. The third-order valence-electron chi connectivity index (χ3n) is 1.01. The summed E-state index contributed by atoms with van der Waals surface area (Å²) in [6.45, 7) is 0. The first-order valence-electron chi connectivity index (χ1n) is 2.75. The number of hydrogen-bond donors (Lipinski definition) is 2. The molecule has 4 heteroatoms. The fraction of sp³-hybridized carbons (Fsp3) is 0. The van der Waals surface area contributed by atoms with E-state index in [9.17, 15) is 4.79 Å². The Balaban J connectivity index is 2.83. The van der Waals surface area contributed by atoms with Gasteiger partial charge >= 0.3 is 0 Å². The molecule has 0 radical (unpaired) electrons. The number of nitrogens with zero attached hydrogens (tertiary/aromatic N) is 1. The van der Waals surface area contributed by atoms with Crippen LogP contribution in [0.25, 0.3) is 0 Å². The van der Waals surface area contributed by atoms with E-state index in [2.05, 4.69) is 10.3 Å². The molecule has 1 rings (SSSR count). The summed E-state index contributed by atoms with van der Waals surface area (Å²) in [6, 6.07) is 0. The Kier molecular flexibility index (Phi) is 1.84. The predicted molar refractivity (Wildman–Crippen MR) is 38.0 cm³/mol. The Bertz CT molecular complexity index is 227. The van der Waals surface area contributed by atoms with Gasteiger partial charge in [0.05, 0.1) is 11.9 Å². The molecule has 0 aromatic rings. The Hall–Kier alpha value is -1.58. The van der Waals surface area contributed by atoms with E-state index >= 15 is 0 Å². The van der Waals surface area contributed by atoms with Gasteiger partial charge in [0.25, 0.3) is 0 Å². The lowest BCUT2D eigenvalue weighted by molar-refractivity contribution is -0.114. The van der Waals surface area contributed by atoms with E-state index in [0.29, 0.717) is 5.57 Å². The third kappa shape index (κ3) is 1.45. The molecule has 0 aliphatic carbocycles. The molecule has 4 nitrogen and oxygen atoms in total. The van der Waals surface area contributed by atoms with Gasteiger partial charge in [-0.2, -0.15) is 0 Å². The van der Waals surface area contributed by atoms with Gasteiger partial charge < -0.3 is 11.1 Å². The van der Waals surface area contributed by atoms with E-state index in [1.807, 2.05) is 0 Å². The minimum atomic E-state index is -0.475. The third-order valence-corrected chi connectivity index (χ3v) is 1.01. The molecule has 52 valence electrons. The maximum Gasteiger partial charge on any atom is 0.250 e. The van der Waals surface area contributed by atoms with Gasteiger partial charge in [-0.25, -0.2) is 4.99 Å². The zero-order valence-electron chi connectivity index (χ0n) is 5.24. The van der Waals surface area contributed by atoms with Crippen molar-refractivity contribution in [2.45, 2.75) is 0 Å². The molecule has 0 saturated carbocycles. The second-order valence-electron chi connectivity index (χ2n) is 1.73. The highest BCUT2D eigenvalue weighted by molar-refractivity contribution is 5.95. The van der Waals surface area contributed by atoms with Crippen molar-refractivity contribution in [1.29, 1.82) is 0 Å². The van der Waals surface area contributed by atoms with E-state index in [-0.39, 0.29) is 0 Å². The lowest BCUT2D eigenvalue weighted by atomic mass is 10.3. The Morgan fingerprint density at radius 1 is 1.70 bits per heavy atom. The number of aliphatic imine (C=N–C) groups is 1. The average molecular weight is 137 g/mol. The van der Waals surface area contributed by atoms with Gasteiger partial charge in [0, 0.05) is 12.4 Å². The largest absolute Gasteiger partial charge is 0.366 e. The summed E-state index contributed by atoms with van der Waals surface area (Å²) in [5.74, 6) is -0.475. The summed E-state index contributed by atoms with van der Waals surface area (Å²) in [5.41, 5.74) is 5.37. The zero-order chi connectivity index (χ0) is 7.40. The fourth-order valence-corrected chi connectivity index (χ4v) is 0.530. The summed E-state index contributed by atoms with van der Waals surface area (Å²) in [7, 11) is 0. The van der Waals surface area contributed by atoms with Gasteiger partial charge in [-0.1, -0.05) is 0 Å². The molecule has 0 bridgehead atoms. The van der Waals surface area contributed by atoms with Crippen LogP contribution in [0.1, 0.15) is 0 Å². The smallest absolute Gasteiger partial charge is 0.250 e. The highest BCUT2D eigenvalue weighted by atomic mass is 16.1. The number of hydrogen-bond acceptors (Lipinski definition) is 3. The molecule has 1 amide bonds. The van der Waals surface area contributed by atoms with E-state index in [1.54, 1.807) is 12.3 Å². The standard InChI is InChI=1S/C6H7N3O/c7-6(10)5-1-2-8-4-9-3-5/h1-4H,(H2,7,10)(H,8,9). The van der Waals surface area contributed by atoms with Crippen LogP contribution in [0.4, 0.5) is 0 Å². The summed E-state index contributed by atoms with van der Waals surface area (Å²) in [6.07, 6.45) is 6.02. The second kappa shape index (κ2) is 2.82. The van der Waals surface area contributed by atoms with Gasteiger partial charge in [0.2, 0.25) is 5.91 Å². The number of rotatable bonds is 1. The summed E-state index contributed by atoms with van der Waals surface area (Å²) in [4.78, 5) is 14.2. The van der Waals surface area contributed by atoms with Crippen molar-refractivity contribution in [2.24, 2.45) is 10.7 Å². The van der Waals surface area contributed by atoms with Crippen LogP contribution in [0.15, 0.2) is 29.0 Å². The van der Waals surface area contributed by atoms with Crippen LogP contribution in [-0.2, 0) is 4.79 Å². The first-order valence-corrected chi connectivity index (χ1v) is 2.75. The van der Waals surface area contributed by atoms with Gasteiger partial charge in [-0.05, 0) is 6.08 Å². The number of primary amides is 1. The van der Waals surface area contributed by atoms with Gasteiger partial charge in [-0.3, -0.25) is 4.79 Å². The molecule has 10 heavy (non-hydrogen) atoms. The van der Waals surface area contributed by atoms with Crippen molar-refractivity contribution in [3.8, 4) is 0 Å². The van der Waals surface area contributed by atoms with Crippen molar-refractivity contribution in [3.05, 3.63) is 24.0 Å². The minimum absolute atomic E-state index is 0.390. The van der Waals surface area contributed by atoms with E-state index < -0.39 is 5.91 Å². The lowest BCUT2D eigenvalue weighted by Crippen LogP contribution is -2.12. The molecule has 3 N–H and O–H groups in total. The van der Waals surface area contributed by atoms with Crippen LogP contribution in [-0.4, -0.2) is 12.2 Å². The van der Waals surface area contributed by atoms with Crippen LogP contribution in [0.3, 0.4) is 0 Å². The summed E-state index contributed by atoms with van der Waals surface area (Å²) in [5, 5.41) is 2.70. The van der Waals surface area contributed by atoms with Gasteiger partial charge in [0.1, 0.15) is 0 Å². The molecule has 0 saturated heterocycles. The van der Waals surface area contributed by atoms with E-state index in [4.69, 9.17) is 5.73 Å². The molecule has 1 heterocycles. The minimum Gasteiger partial charge on any atom is -0.366 e. The fourth-order valence-electron chi connectivity index (χ4n) is 0.530. The summed E-state index contributed by atoms with van der Waals surface area (Å²) >= 11 is 0. The molecule has 0 unspecified atom stereocenters. The molecular weight excluding hydrogens is 130 g/mol. The van der Waals surface area contributed by atoms with Crippen molar-refractivity contribution < 1.29 is 4.79 Å². The molecular formula is C6H7N3O. The highest BCUT2D eigenvalue weighted by Crippen LogP contribution is 1.96. The topological polar surface area (TPSA) is 67.5 Å². The van der Waals surface area contributed by atoms with Gasteiger partial charge in [0.15, 0.2) is 0 Å². The van der Waals surface area contributed by atoms with Crippen LogP contribution in [0.2, 0.25) is 0 Å². The van der Waals surface area contributed by atoms with Crippen molar-refractivity contribution >= 4 is 12.2 Å². The number of carbonyl (C=O) groups is 1. The molecule has 0 aromatic heterocycles. The van der Waals surface area contributed by atoms with Gasteiger partial charge in [-0.15, -0.1) is 0 Å². The predicted octanol–water partition coefficient (Wildman–Crippen LogP) is -0.499. The normalized spacial score (nSPS) is 15.4. The highest BCUT2D eigenvalue weighted by Gasteiger charge is 1.98. The number of carbonyl (C=O) groups excluding carboxylic acids is 1. The van der Waals surface area contributed by atoms with Crippen molar-refractivity contribution in [1.82, 2.24) is 5.32 Å². The Morgan fingerprint density at radius 2 is 2.50 bits per heavy atom. The molecule has 1 aliphatic heterocycles. The van der Waals surface area contributed by atoms with Crippen LogP contribution < -0.4 is 11.1 Å². The number of amides is 1. The monoisotopic (exact) mass is 137 g/mol. The molecule has 1 aliphatic rings. The Labute approximate surface area is 58.1 Å². The SMILES string of the molecule is NC(=O)C1=CN=CNC=C1.